The Labute approximate surface area is 121 Å². The number of hydrogen-bond acceptors (Lipinski definition) is 4. The van der Waals surface area contributed by atoms with Gasteiger partial charge in [-0.25, -0.2) is 0 Å². The van der Waals surface area contributed by atoms with Gasteiger partial charge in [-0.15, -0.1) is 0 Å². The lowest BCUT2D eigenvalue weighted by Crippen LogP contribution is -2.25. The van der Waals surface area contributed by atoms with Crippen molar-refractivity contribution in [3.8, 4) is 5.75 Å². The quantitative estimate of drug-likeness (QED) is 0.667. The Morgan fingerprint density at radius 2 is 1.86 bits per heavy atom. The lowest BCUT2D eigenvalue weighted by Gasteiger charge is -2.18. The van der Waals surface area contributed by atoms with Gasteiger partial charge in [0.2, 0.25) is 0 Å². The summed E-state index contributed by atoms with van der Waals surface area (Å²) in [6, 6.07) is 4.06. The van der Waals surface area contributed by atoms with Crippen LogP contribution in [0.4, 0.5) is 13.2 Å². The number of rotatable bonds is 2. The second-order valence-corrected chi connectivity index (χ2v) is 5.47. The lowest BCUT2D eigenvalue weighted by molar-refractivity contribution is -0.0509. The molecule has 0 amide bonds. The van der Waals surface area contributed by atoms with E-state index in [1.807, 2.05) is 13.8 Å². The van der Waals surface area contributed by atoms with Gasteiger partial charge < -0.3 is 9.29 Å². The summed E-state index contributed by atoms with van der Waals surface area (Å²) in [6.07, 6.45) is 2.15. The summed E-state index contributed by atoms with van der Waals surface area (Å²) in [5.74, 6) is -0.589. The molecule has 0 radical (unpaired) electrons. The molecular weight excluding hydrogens is 309 g/mol. The zero-order valence-electron chi connectivity index (χ0n) is 11.4. The number of aromatic hydroxyl groups is 1. The van der Waals surface area contributed by atoms with Crippen LogP contribution in [0.3, 0.4) is 0 Å². The van der Waals surface area contributed by atoms with E-state index < -0.39 is 21.4 Å². The van der Waals surface area contributed by atoms with E-state index in [1.54, 1.807) is 0 Å². The third kappa shape index (κ3) is 3.90. The second-order valence-electron chi connectivity index (χ2n) is 3.93. The minimum absolute atomic E-state index is 0.152. The van der Waals surface area contributed by atoms with Crippen molar-refractivity contribution in [2.45, 2.75) is 32.2 Å². The van der Waals surface area contributed by atoms with E-state index in [4.69, 9.17) is 0 Å². The third-order valence-corrected chi connectivity index (χ3v) is 3.55. The molecule has 0 atom stereocenters. The predicted octanol–water partition coefficient (Wildman–Crippen LogP) is 3.57. The van der Waals surface area contributed by atoms with Gasteiger partial charge in [0, 0.05) is 5.56 Å². The first-order chi connectivity index (χ1) is 9.71. The van der Waals surface area contributed by atoms with Crippen LogP contribution >= 0.6 is 0 Å². The van der Waals surface area contributed by atoms with Crippen molar-refractivity contribution in [3.05, 3.63) is 35.4 Å². The van der Waals surface area contributed by atoms with Gasteiger partial charge in [0.25, 0.3) is 0 Å². The highest BCUT2D eigenvalue weighted by atomic mass is 32.2. The van der Waals surface area contributed by atoms with Crippen molar-refractivity contribution < 1.29 is 30.9 Å². The van der Waals surface area contributed by atoms with E-state index in [-0.39, 0.29) is 11.3 Å². The average molecular weight is 324 g/mol. The van der Waals surface area contributed by atoms with Crippen molar-refractivity contribution in [3.63, 3.8) is 0 Å². The molecule has 1 N–H and O–H groups in total. The predicted molar refractivity (Wildman–Crippen MR) is 71.8 cm³/mol. The van der Waals surface area contributed by atoms with Crippen molar-refractivity contribution in [2.75, 3.05) is 0 Å². The number of benzene rings is 1. The highest BCUT2D eigenvalue weighted by Gasteiger charge is 2.49. The number of phenols is 1. The van der Waals surface area contributed by atoms with Crippen LogP contribution in [0.15, 0.2) is 24.3 Å². The SMILES string of the molecule is CC.O=S(=O)(OC1=CCCc2ccc(O)cc21)C(F)(F)F. The number of aryl methyl sites for hydroxylation is 1. The second kappa shape index (κ2) is 6.38. The van der Waals surface area contributed by atoms with Crippen LogP contribution in [0.5, 0.6) is 5.75 Å². The summed E-state index contributed by atoms with van der Waals surface area (Å²) in [7, 11) is -5.70. The molecule has 8 heteroatoms. The minimum Gasteiger partial charge on any atom is -0.508 e. The molecule has 0 bridgehead atoms. The van der Waals surface area contributed by atoms with Gasteiger partial charge in [-0.2, -0.15) is 21.6 Å². The molecule has 0 heterocycles. The first-order valence-electron chi connectivity index (χ1n) is 6.24. The Bertz CT molecular complexity index is 633. The fraction of sp³-hybridized carbons (Fsp3) is 0.385. The smallest absolute Gasteiger partial charge is 0.508 e. The average Bonchev–Trinajstić information content (AvgIpc) is 2.40. The molecule has 0 spiro atoms. The van der Waals surface area contributed by atoms with E-state index in [2.05, 4.69) is 4.18 Å². The molecule has 1 aromatic rings. The molecule has 1 aliphatic carbocycles. The van der Waals surface area contributed by atoms with Crippen molar-refractivity contribution in [1.82, 2.24) is 0 Å². The Balaban J connectivity index is 0.00000106. The number of allylic oxidation sites excluding steroid dienone is 1. The van der Waals surface area contributed by atoms with Crippen molar-refractivity contribution >= 4 is 15.9 Å². The van der Waals surface area contributed by atoms with Crippen LogP contribution in [-0.2, 0) is 20.7 Å². The fourth-order valence-corrected chi connectivity index (χ4v) is 2.21. The standard InChI is InChI=1S/C11H9F3O4S.C2H6/c12-11(13,14)19(16,17)18-10-3-1-2-7-4-5-8(15)6-9(7)10;1-2/h3-6,15H,1-2H2;1-2H3. The van der Waals surface area contributed by atoms with Crippen molar-refractivity contribution in [2.24, 2.45) is 0 Å². The highest BCUT2D eigenvalue weighted by Crippen LogP contribution is 2.34. The van der Waals surface area contributed by atoms with E-state index in [0.717, 1.165) is 0 Å². The molecule has 118 valence electrons. The maximum absolute atomic E-state index is 12.3. The van der Waals surface area contributed by atoms with E-state index in [0.29, 0.717) is 18.4 Å². The van der Waals surface area contributed by atoms with Gasteiger partial charge in [0.1, 0.15) is 11.5 Å². The molecule has 0 aliphatic heterocycles. The molecule has 4 nitrogen and oxygen atoms in total. The largest absolute Gasteiger partial charge is 0.534 e. The van der Waals surface area contributed by atoms with E-state index in [9.17, 15) is 26.7 Å². The van der Waals surface area contributed by atoms with Gasteiger partial charge >= 0.3 is 15.6 Å². The summed E-state index contributed by atoms with van der Waals surface area (Å²) < 4.78 is 62.8. The molecule has 0 saturated carbocycles. The maximum atomic E-state index is 12.3. The Kier molecular flexibility index (Phi) is 5.27. The van der Waals surface area contributed by atoms with E-state index in [1.165, 1.54) is 24.3 Å². The third-order valence-electron chi connectivity index (χ3n) is 2.59. The number of halogens is 3. The summed E-state index contributed by atoms with van der Waals surface area (Å²) in [5.41, 5.74) is -4.71. The van der Waals surface area contributed by atoms with Gasteiger partial charge in [-0.1, -0.05) is 19.9 Å². The van der Waals surface area contributed by atoms with Crippen LogP contribution in [0.2, 0.25) is 0 Å². The molecule has 1 aromatic carbocycles. The van der Waals surface area contributed by atoms with Crippen LogP contribution in [0.25, 0.3) is 5.76 Å². The number of alkyl halides is 3. The summed E-state index contributed by atoms with van der Waals surface area (Å²) >= 11 is 0. The zero-order valence-corrected chi connectivity index (χ0v) is 12.3. The van der Waals surface area contributed by atoms with Crippen LogP contribution in [0.1, 0.15) is 31.4 Å². The molecule has 0 fully saturated rings. The Morgan fingerprint density at radius 3 is 2.43 bits per heavy atom. The summed E-state index contributed by atoms with van der Waals surface area (Å²) in [4.78, 5) is 0. The first kappa shape index (κ1) is 17.4. The van der Waals surface area contributed by atoms with Gasteiger partial charge in [0.05, 0.1) is 0 Å². The molecule has 0 saturated heterocycles. The minimum atomic E-state index is -5.70. The van der Waals surface area contributed by atoms with Gasteiger partial charge in [-0.3, -0.25) is 0 Å². The van der Waals surface area contributed by atoms with Crippen LogP contribution in [0, 0.1) is 0 Å². The monoisotopic (exact) mass is 324 g/mol. The Hall–Kier alpha value is -1.70. The number of hydrogen-bond donors (Lipinski definition) is 1. The summed E-state index contributed by atoms with van der Waals surface area (Å²) in [5, 5.41) is 9.31. The molecule has 2 rings (SSSR count). The molecule has 0 aromatic heterocycles. The highest BCUT2D eigenvalue weighted by molar-refractivity contribution is 7.87. The number of fused-ring (bicyclic) bond motifs is 1. The van der Waals surface area contributed by atoms with E-state index >= 15 is 0 Å². The van der Waals surface area contributed by atoms with Gasteiger partial charge in [-0.05, 0) is 36.6 Å². The normalized spacial score (nSPS) is 14.4. The molecule has 21 heavy (non-hydrogen) atoms. The molecular formula is C13H15F3O4S. The molecule has 1 aliphatic rings. The first-order valence-corrected chi connectivity index (χ1v) is 7.65. The van der Waals surface area contributed by atoms with Gasteiger partial charge in [0.15, 0.2) is 0 Å². The Morgan fingerprint density at radius 1 is 1.24 bits per heavy atom. The summed E-state index contributed by atoms with van der Waals surface area (Å²) in [6.45, 7) is 4.00. The van der Waals surface area contributed by atoms with Crippen LogP contribution in [-0.4, -0.2) is 19.0 Å². The topological polar surface area (TPSA) is 63.6 Å². The van der Waals surface area contributed by atoms with Crippen molar-refractivity contribution in [1.29, 1.82) is 0 Å². The maximum Gasteiger partial charge on any atom is 0.534 e. The molecule has 0 unspecified atom stereocenters. The lowest BCUT2D eigenvalue weighted by atomic mass is 9.96. The number of phenolic OH excluding ortho intramolecular Hbond substituents is 1. The fourth-order valence-electron chi connectivity index (χ4n) is 1.72. The van der Waals surface area contributed by atoms with Crippen LogP contribution < -0.4 is 0 Å². The zero-order chi connectivity index (χ0) is 16.3.